The first-order valence-electron chi connectivity index (χ1n) is 4.01. The molecule has 0 aromatic rings. The summed E-state index contributed by atoms with van der Waals surface area (Å²) in [6.07, 6.45) is 3.62. The summed E-state index contributed by atoms with van der Waals surface area (Å²) < 4.78 is 4.92. The summed E-state index contributed by atoms with van der Waals surface area (Å²) in [4.78, 5) is 11.0. The third-order valence-corrected chi connectivity index (χ3v) is 1.46. The summed E-state index contributed by atoms with van der Waals surface area (Å²) in [5, 5.41) is 0. The van der Waals surface area contributed by atoms with Gasteiger partial charge in [-0.2, -0.15) is 0 Å². The molecule has 0 saturated carbocycles. The largest absolute Gasteiger partial charge is 0.458 e. The van der Waals surface area contributed by atoms with Gasteiger partial charge < -0.3 is 4.74 Å². The first-order chi connectivity index (χ1) is 5.57. The smallest absolute Gasteiger partial charge is 0.333 e. The fraction of sp³-hybridized carbons (Fsp3) is 0.500. The molecule has 0 amide bonds. The van der Waals surface area contributed by atoms with E-state index in [9.17, 15) is 4.79 Å². The van der Waals surface area contributed by atoms with E-state index in [0.717, 1.165) is 5.57 Å². The molecule has 0 aliphatic heterocycles. The molecule has 2 heteroatoms. The van der Waals surface area contributed by atoms with Crippen LogP contribution >= 0.6 is 0 Å². The molecular formula is C10H16O2. The standard InChI is InChI=1S/C10H16O2/c1-5-9(4)10(11)12-7-6-8(2)3/h5-6H,7H2,1-4H3/b9-5-. The Balaban J connectivity index is 3.81. The Hall–Kier alpha value is -1.05. The van der Waals surface area contributed by atoms with Crippen LogP contribution in [0.25, 0.3) is 0 Å². The van der Waals surface area contributed by atoms with Crippen molar-refractivity contribution >= 4 is 5.97 Å². The summed E-state index contributed by atoms with van der Waals surface area (Å²) in [6.45, 7) is 7.86. The van der Waals surface area contributed by atoms with Gasteiger partial charge in [-0.3, -0.25) is 0 Å². The number of allylic oxidation sites excluding steroid dienone is 2. The molecule has 0 aliphatic rings. The van der Waals surface area contributed by atoms with Crippen molar-refractivity contribution in [3.8, 4) is 0 Å². The van der Waals surface area contributed by atoms with Crippen molar-refractivity contribution in [1.29, 1.82) is 0 Å². The highest BCUT2D eigenvalue weighted by molar-refractivity contribution is 5.87. The zero-order valence-electron chi connectivity index (χ0n) is 8.18. The molecule has 12 heavy (non-hydrogen) atoms. The summed E-state index contributed by atoms with van der Waals surface area (Å²) in [7, 11) is 0. The highest BCUT2D eigenvalue weighted by Crippen LogP contribution is 1.96. The van der Waals surface area contributed by atoms with Crippen LogP contribution < -0.4 is 0 Å². The van der Waals surface area contributed by atoms with Crippen LogP contribution in [0.5, 0.6) is 0 Å². The fourth-order valence-corrected chi connectivity index (χ4v) is 0.516. The lowest BCUT2D eigenvalue weighted by atomic mass is 10.3. The number of esters is 1. The van der Waals surface area contributed by atoms with E-state index < -0.39 is 0 Å². The highest BCUT2D eigenvalue weighted by Gasteiger charge is 2.01. The van der Waals surface area contributed by atoms with Crippen molar-refractivity contribution in [3.05, 3.63) is 23.3 Å². The topological polar surface area (TPSA) is 26.3 Å². The van der Waals surface area contributed by atoms with Crippen molar-refractivity contribution in [2.45, 2.75) is 27.7 Å². The Kier molecular flexibility index (Phi) is 5.09. The molecule has 0 saturated heterocycles. The molecule has 0 aliphatic carbocycles. The SMILES string of the molecule is C/C=C(/C)C(=O)OCC=C(C)C. The van der Waals surface area contributed by atoms with E-state index >= 15 is 0 Å². The average Bonchev–Trinajstić information content (AvgIpc) is 2.02. The van der Waals surface area contributed by atoms with Gasteiger partial charge >= 0.3 is 5.97 Å². The lowest BCUT2D eigenvalue weighted by molar-refractivity contribution is -0.137. The minimum absolute atomic E-state index is 0.241. The van der Waals surface area contributed by atoms with Gasteiger partial charge in [0.2, 0.25) is 0 Å². The van der Waals surface area contributed by atoms with Crippen LogP contribution in [0, 0.1) is 0 Å². The maximum absolute atomic E-state index is 11.0. The van der Waals surface area contributed by atoms with E-state index in [-0.39, 0.29) is 5.97 Å². The van der Waals surface area contributed by atoms with E-state index in [2.05, 4.69) is 0 Å². The highest BCUT2D eigenvalue weighted by atomic mass is 16.5. The minimum atomic E-state index is -0.241. The van der Waals surface area contributed by atoms with Gasteiger partial charge in [-0.05, 0) is 33.8 Å². The molecule has 0 radical (unpaired) electrons. The van der Waals surface area contributed by atoms with E-state index in [1.807, 2.05) is 26.8 Å². The van der Waals surface area contributed by atoms with Crippen LogP contribution in [0.1, 0.15) is 27.7 Å². The zero-order chi connectivity index (χ0) is 9.56. The Morgan fingerprint density at radius 2 is 1.92 bits per heavy atom. The lowest BCUT2D eigenvalue weighted by Crippen LogP contribution is -2.05. The number of carbonyl (C=O) groups is 1. The normalized spacial score (nSPS) is 10.8. The van der Waals surface area contributed by atoms with Crippen LogP contribution in [0.15, 0.2) is 23.3 Å². The molecule has 0 rings (SSSR count). The number of ether oxygens (including phenoxy) is 1. The van der Waals surface area contributed by atoms with Crippen molar-refractivity contribution < 1.29 is 9.53 Å². The molecule has 0 heterocycles. The summed E-state index contributed by atoms with van der Waals surface area (Å²) in [6, 6.07) is 0. The van der Waals surface area contributed by atoms with Crippen LogP contribution in [0.4, 0.5) is 0 Å². The minimum Gasteiger partial charge on any atom is -0.458 e. The first kappa shape index (κ1) is 11.0. The van der Waals surface area contributed by atoms with E-state index in [0.29, 0.717) is 12.2 Å². The fourth-order valence-electron chi connectivity index (χ4n) is 0.516. The molecule has 0 atom stereocenters. The monoisotopic (exact) mass is 168 g/mol. The number of hydrogen-bond donors (Lipinski definition) is 0. The molecule has 0 unspecified atom stereocenters. The van der Waals surface area contributed by atoms with Crippen molar-refractivity contribution in [3.63, 3.8) is 0 Å². The number of rotatable bonds is 3. The average molecular weight is 168 g/mol. The van der Waals surface area contributed by atoms with Crippen LogP contribution in [0.3, 0.4) is 0 Å². The van der Waals surface area contributed by atoms with Gasteiger partial charge in [0.25, 0.3) is 0 Å². The molecule has 0 bridgehead atoms. The molecule has 0 fully saturated rings. The van der Waals surface area contributed by atoms with Gasteiger partial charge in [0, 0.05) is 5.57 Å². The van der Waals surface area contributed by atoms with Gasteiger partial charge in [-0.25, -0.2) is 4.79 Å². The molecular weight excluding hydrogens is 152 g/mol. The molecule has 0 spiro atoms. The molecule has 0 aromatic heterocycles. The van der Waals surface area contributed by atoms with Crippen molar-refractivity contribution in [1.82, 2.24) is 0 Å². The second-order valence-electron chi connectivity index (χ2n) is 2.85. The maximum atomic E-state index is 11.0. The van der Waals surface area contributed by atoms with Crippen LogP contribution in [0.2, 0.25) is 0 Å². The quantitative estimate of drug-likeness (QED) is 0.367. The first-order valence-corrected chi connectivity index (χ1v) is 4.01. The molecule has 68 valence electrons. The molecule has 2 nitrogen and oxygen atoms in total. The summed E-state index contributed by atoms with van der Waals surface area (Å²) in [5.41, 5.74) is 1.80. The summed E-state index contributed by atoms with van der Waals surface area (Å²) in [5.74, 6) is -0.241. The zero-order valence-corrected chi connectivity index (χ0v) is 8.18. The third kappa shape index (κ3) is 4.72. The predicted octanol–water partition coefficient (Wildman–Crippen LogP) is 2.46. The Bertz CT molecular complexity index is 208. The molecule has 0 aromatic carbocycles. The Morgan fingerprint density at radius 1 is 1.33 bits per heavy atom. The lowest BCUT2D eigenvalue weighted by Gasteiger charge is -2.00. The second kappa shape index (κ2) is 5.58. The van der Waals surface area contributed by atoms with Crippen molar-refractivity contribution in [2.24, 2.45) is 0 Å². The van der Waals surface area contributed by atoms with E-state index in [4.69, 9.17) is 4.74 Å². The van der Waals surface area contributed by atoms with Crippen molar-refractivity contribution in [2.75, 3.05) is 6.61 Å². The van der Waals surface area contributed by atoms with E-state index in [1.165, 1.54) is 0 Å². The van der Waals surface area contributed by atoms with Gasteiger partial charge in [0.1, 0.15) is 6.61 Å². The van der Waals surface area contributed by atoms with Crippen LogP contribution in [-0.4, -0.2) is 12.6 Å². The molecule has 0 N–H and O–H groups in total. The Morgan fingerprint density at radius 3 is 2.33 bits per heavy atom. The van der Waals surface area contributed by atoms with Gasteiger partial charge in [0.05, 0.1) is 0 Å². The van der Waals surface area contributed by atoms with Gasteiger partial charge in [-0.1, -0.05) is 11.6 Å². The Labute approximate surface area is 73.9 Å². The second-order valence-corrected chi connectivity index (χ2v) is 2.85. The number of carbonyl (C=O) groups excluding carboxylic acids is 1. The maximum Gasteiger partial charge on any atom is 0.333 e. The summed E-state index contributed by atoms with van der Waals surface area (Å²) >= 11 is 0. The van der Waals surface area contributed by atoms with E-state index in [1.54, 1.807) is 13.0 Å². The van der Waals surface area contributed by atoms with Gasteiger partial charge in [-0.15, -0.1) is 0 Å². The third-order valence-electron chi connectivity index (χ3n) is 1.46. The van der Waals surface area contributed by atoms with Gasteiger partial charge in [0.15, 0.2) is 0 Å². The predicted molar refractivity (Wildman–Crippen MR) is 49.8 cm³/mol. The van der Waals surface area contributed by atoms with Crippen LogP contribution in [-0.2, 0) is 9.53 Å². The number of hydrogen-bond acceptors (Lipinski definition) is 2.